The number of fused-ring (bicyclic) bond motifs is 2. The minimum Gasteiger partial charge on any atom is -0.462 e. The summed E-state index contributed by atoms with van der Waals surface area (Å²) in [7, 11) is 0. The Balaban J connectivity index is 2.12. The van der Waals surface area contributed by atoms with E-state index in [1.54, 1.807) is 6.92 Å². The largest absolute Gasteiger partial charge is 0.462 e. The average molecular weight is 483 g/mol. The number of hydrogen-bond acceptors (Lipinski definition) is 6. The van der Waals surface area contributed by atoms with E-state index in [1.165, 1.54) is 11.8 Å². The van der Waals surface area contributed by atoms with Crippen LogP contribution < -0.4 is 0 Å². The van der Waals surface area contributed by atoms with Gasteiger partial charge in [0.25, 0.3) is 0 Å². The molecule has 2 fully saturated rings. The molecule has 0 saturated heterocycles. The molecule has 0 radical (unpaired) electrons. The lowest BCUT2D eigenvalue weighted by Crippen LogP contribution is -2.42. The number of thioether (sulfide) groups is 1. The Labute approximate surface area is 205 Å². The van der Waals surface area contributed by atoms with Gasteiger partial charge in [0.1, 0.15) is 12.2 Å². The maximum absolute atomic E-state index is 13.4. The maximum Gasteiger partial charge on any atom is 0.310 e. The van der Waals surface area contributed by atoms with Crippen molar-refractivity contribution in [2.45, 2.75) is 129 Å². The van der Waals surface area contributed by atoms with Gasteiger partial charge in [-0.15, -0.1) is 0 Å². The first-order valence-electron chi connectivity index (χ1n) is 13.4. The molecule has 33 heavy (non-hydrogen) atoms. The molecule has 0 aromatic carbocycles. The molecule has 0 N–H and O–H groups in total. The molecule has 6 heteroatoms. The lowest BCUT2D eigenvalue weighted by atomic mass is 9.79. The second-order valence-corrected chi connectivity index (χ2v) is 11.4. The summed E-state index contributed by atoms with van der Waals surface area (Å²) >= 11 is 1.33. The molecule has 0 aromatic rings. The Morgan fingerprint density at radius 2 is 1.30 bits per heavy atom. The van der Waals surface area contributed by atoms with E-state index >= 15 is 0 Å². The zero-order chi connectivity index (χ0) is 24.4. The maximum atomic E-state index is 13.4. The van der Waals surface area contributed by atoms with Crippen LogP contribution >= 0.6 is 11.8 Å². The molecule has 2 rings (SSSR count). The Hall–Kier alpha value is -1.04. The highest BCUT2D eigenvalue weighted by Gasteiger charge is 2.59. The van der Waals surface area contributed by atoms with E-state index in [0.717, 1.165) is 77.0 Å². The summed E-state index contributed by atoms with van der Waals surface area (Å²) in [5, 5.41) is 0.174. The fourth-order valence-electron chi connectivity index (χ4n) is 5.73. The Kier molecular flexibility index (Phi) is 12.3. The standard InChI is InChI=1S/C27H46O5S/c1-6-10-12-14-20(8-3)31-26(29)24-19-16-22(23(17-19)33-18(5)28)25(24)27(30)32-21(9-4)15-13-11-7-2/h19-25H,6-17H2,1-5H3/t19-,20-,21-,22+,23+,24-,25-/m0/s1. The van der Waals surface area contributed by atoms with E-state index in [9.17, 15) is 14.4 Å². The molecule has 0 heterocycles. The van der Waals surface area contributed by atoms with Gasteiger partial charge in [0, 0.05) is 12.2 Å². The van der Waals surface area contributed by atoms with E-state index < -0.39 is 11.8 Å². The summed E-state index contributed by atoms with van der Waals surface area (Å²) in [5.74, 6) is -1.27. The third-order valence-corrected chi connectivity index (χ3v) is 8.72. The third-order valence-electron chi connectivity index (χ3n) is 7.54. The van der Waals surface area contributed by atoms with Crippen molar-refractivity contribution in [2.75, 3.05) is 0 Å². The molecular weight excluding hydrogens is 436 g/mol. The highest BCUT2D eigenvalue weighted by molar-refractivity contribution is 8.14. The van der Waals surface area contributed by atoms with Gasteiger partial charge < -0.3 is 9.47 Å². The van der Waals surface area contributed by atoms with Gasteiger partial charge in [-0.1, -0.05) is 65.1 Å². The van der Waals surface area contributed by atoms with Gasteiger partial charge in [0.2, 0.25) is 0 Å². The van der Waals surface area contributed by atoms with Gasteiger partial charge in [-0.3, -0.25) is 14.4 Å². The van der Waals surface area contributed by atoms with Crippen LogP contribution in [0.15, 0.2) is 0 Å². The van der Waals surface area contributed by atoms with E-state index in [2.05, 4.69) is 20.8 Å². The first-order valence-corrected chi connectivity index (χ1v) is 14.3. The first-order chi connectivity index (χ1) is 15.9. The van der Waals surface area contributed by atoms with Crippen molar-refractivity contribution >= 4 is 28.8 Å². The molecule has 0 aliphatic heterocycles. The van der Waals surface area contributed by atoms with Crippen LogP contribution in [0, 0.1) is 23.7 Å². The number of ether oxygens (including phenoxy) is 2. The fraction of sp³-hybridized carbons (Fsp3) is 0.889. The SMILES string of the molecule is CCCCC[C@H](CC)OC(=O)[C@H]1[C@H]2C[C@@H]([C@@H]1C(=O)O[C@@H](CC)CCCCC)[C@H](SC(C)=O)C2. The van der Waals surface area contributed by atoms with Gasteiger partial charge in [-0.05, 0) is 63.2 Å². The van der Waals surface area contributed by atoms with Crippen molar-refractivity contribution in [3.63, 3.8) is 0 Å². The van der Waals surface area contributed by atoms with Crippen LogP contribution in [-0.2, 0) is 23.9 Å². The van der Waals surface area contributed by atoms with E-state index in [1.807, 2.05) is 6.92 Å². The topological polar surface area (TPSA) is 69.7 Å². The van der Waals surface area contributed by atoms with Crippen molar-refractivity contribution < 1.29 is 23.9 Å². The zero-order valence-electron chi connectivity index (χ0n) is 21.5. The second-order valence-electron chi connectivity index (χ2n) is 10.0. The lowest BCUT2D eigenvalue weighted by molar-refractivity contribution is -0.169. The summed E-state index contributed by atoms with van der Waals surface area (Å²) in [6, 6.07) is 0. The van der Waals surface area contributed by atoms with Gasteiger partial charge in [0.05, 0.1) is 11.8 Å². The smallest absolute Gasteiger partial charge is 0.310 e. The van der Waals surface area contributed by atoms with Crippen molar-refractivity contribution in [1.29, 1.82) is 0 Å². The first kappa shape index (κ1) is 28.2. The second kappa shape index (κ2) is 14.4. The van der Waals surface area contributed by atoms with Gasteiger partial charge in [0.15, 0.2) is 5.12 Å². The van der Waals surface area contributed by atoms with Crippen LogP contribution in [0.2, 0.25) is 0 Å². The van der Waals surface area contributed by atoms with Crippen LogP contribution in [0.25, 0.3) is 0 Å². The summed E-state index contributed by atoms with van der Waals surface area (Å²) in [5.41, 5.74) is 0. The monoisotopic (exact) mass is 482 g/mol. The quantitative estimate of drug-likeness (QED) is 0.191. The Bertz CT molecular complexity index is 636. The zero-order valence-corrected chi connectivity index (χ0v) is 22.3. The highest BCUT2D eigenvalue weighted by atomic mass is 32.2. The minimum absolute atomic E-state index is 0.0160. The number of unbranched alkanes of at least 4 members (excludes halogenated alkanes) is 4. The van der Waals surface area contributed by atoms with Crippen LogP contribution in [-0.4, -0.2) is 34.5 Å². The van der Waals surface area contributed by atoms with Crippen LogP contribution in [0.1, 0.15) is 112 Å². The van der Waals surface area contributed by atoms with E-state index in [-0.39, 0.29) is 46.3 Å². The summed E-state index contributed by atoms with van der Waals surface area (Å²) in [6.07, 6.45) is 11.4. The predicted molar refractivity (Wildman–Crippen MR) is 134 cm³/mol. The molecule has 0 spiro atoms. The van der Waals surface area contributed by atoms with Crippen molar-refractivity contribution in [2.24, 2.45) is 23.7 Å². The van der Waals surface area contributed by atoms with Crippen molar-refractivity contribution in [3.05, 3.63) is 0 Å². The van der Waals surface area contributed by atoms with Gasteiger partial charge in [-0.25, -0.2) is 0 Å². The molecular formula is C27H46O5S. The fourth-order valence-corrected chi connectivity index (χ4v) is 6.96. The molecule has 0 amide bonds. The van der Waals surface area contributed by atoms with Crippen molar-refractivity contribution in [1.82, 2.24) is 0 Å². The number of carbonyl (C=O) groups excluding carboxylic acids is 3. The molecule has 190 valence electrons. The summed E-state index contributed by atoms with van der Waals surface area (Å²) in [6.45, 7) is 10.0. The van der Waals surface area contributed by atoms with Gasteiger partial charge >= 0.3 is 11.9 Å². The molecule has 7 atom stereocenters. The van der Waals surface area contributed by atoms with E-state index in [0.29, 0.717) is 0 Å². The molecule has 5 nitrogen and oxygen atoms in total. The lowest BCUT2D eigenvalue weighted by Gasteiger charge is -2.34. The number of esters is 2. The number of carbonyl (C=O) groups is 3. The molecule has 2 saturated carbocycles. The Morgan fingerprint density at radius 1 is 0.788 bits per heavy atom. The summed E-state index contributed by atoms with van der Waals surface area (Å²) in [4.78, 5) is 38.6. The molecule has 2 aliphatic carbocycles. The molecule has 2 aliphatic rings. The predicted octanol–water partition coefficient (Wildman–Crippen LogP) is 6.71. The summed E-state index contributed by atoms with van der Waals surface area (Å²) < 4.78 is 12.0. The minimum atomic E-state index is -0.485. The van der Waals surface area contributed by atoms with Crippen LogP contribution in [0.5, 0.6) is 0 Å². The normalized spacial score (nSPS) is 27.8. The molecule has 2 bridgehead atoms. The molecule has 0 aromatic heterocycles. The molecule has 0 unspecified atom stereocenters. The Morgan fingerprint density at radius 3 is 1.76 bits per heavy atom. The average Bonchev–Trinajstić information content (AvgIpc) is 3.35. The van der Waals surface area contributed by atoms with Crippen LogP contribution in [0.4, 0.5) is 0 Å². The third kappa shape index (κ3) is 8.00. The number of rotatable bonds is 15. The van der Waals surface area contributed by atoms with Gasteiger partial charge in [-0.2, -0.15) is 0 Å². The van der Waals surface area contributed by atoms with E-state index in [4.69, 9.17) is 9.47 Å². The van der Waals surface area contributed by atoms with Crippen LogP contribution in [0.3, 0.4) is 0 Å². The number of hydrogen-bond donors (Lipinski definition) is 0. The highest BCUT2D eigenvalue weighted by Crippen LogP contribution is 2.57. The van der Waals surface area contributed by atoms with Crippen molar-refractivity contribution in [3.8, 4) is 0 Å².